The summed E-state index contributed by atoms with van der Waals surface area (Å²) in [7, 11) is 0. The van der Waals surface area contributed by atoms with Gasteiger partial charge in [-0.25, -0.2) is 0 Å². The SMILES string of the molecule is Cc1ccccc1C(=O)C1=C2SCCN2C(=O)C1CC(=O)O. The first kappa shape index (κ1) is 14.8. The van der Waals surface area contributed by atoms with E-state index in [2.05, 4.69) is 0 Å². The number of benzene rings is 1. The third-order valence-electron chi connectivity index (χ3n) is 3.95. The molecule has 1 atom stereocenters. The molecule has 114 valence electrons. The zero-order chi connectivity index (χ0) is 15.9. The fourth-order valence-corrected chi connectivity index (χ4v) is 4.09. The zero-order valence-electron chi connectivity index (χ0n) is 12.0. The van der Waals surface area contributed by atoms with E-state index in [1.165, 1.54) is 11.8 Å². The fourth-order valence-electron chi connectivity index (χ4n) is 2.90. The first-order chi connectivity index (χ1) is 10.5. The molecule has 0 bridgehead atoms. The maximum Gasteiger partial charge on any atom is 0.304 e. The average Bonchev–Trinajstić information content (AvgIpc) is 3.02. The van der Waals surface area contributed by atoms with E-state index >= 15 is 0 Å². The molecule has 2 aliphatic heterocycles. The van der Waals surface area contributed by atoms with Crippen molar-refractivity contribution in [1.29, 1.82) is 0 Å². The van der Waals surface area contributed by atoms with Crippen molar-refractivity contribution in [3.8, 4) is 0 Å². The summed E-state index contributed by atoms with van der Waals surface area (Å²) in [5.74, 6) is -1.69. The second-order valence-electron chi connectivity index (χ2n) is 5.35. The van der Waals surface area contributed by atoms with Crippen LogP contribution < -0.4 is 0 Å². The number of thioether (sulfide) groups is 1. The van der Waals surface area contributed by atoms with Gasteiger partial charge in [-0.05, 0) is 12.5 Å². The van der Waals surface area contributed by atoms with Crippen molar-refractivity contribution in [2.45, 2.75) is 13.3 Å². The van der Waals surface area contributed by atoms with E-state index in [4.69, 9.17) is 5.11 Å². The van der Waals surface area contributed by atoms with Gasteiger partial charge in [0.2, 0.25) is 5.91 Å². The smallest absolute Gasteiger partial charge is 0.304 e. The van der Waals surface area contributed by atoms with E-state index in [1.807, 2.05) is 19.1 Å². The van der Waals surface area contributed by atoms with Gasteiger partial charge in [-0.1, -0.05) is 24.3 Å². The van der Waals surface area contributed by atoms with Crippen LogP contribution in [0.3, 0.4) is 0 Å². The van der Waals surface area contributed by atoms with Crippen LogP contribution in [0.5, 0.6) is 0 Å². The maximum atomic E-state index is 12.9. The van der Waals surface area contributed by atoms with Crippen molar-refractivity contribution in [2.24, 2.45) is 5.92 Å². The van der Waals surface area contributed by atoms with E-state index < -0.39 is 11.9 Å². The second kappa shape index (κ2) is 5.61. The molecule has 0 aliphatic carbocycles. The standard InChI is InChI=1S/C16H15NO4S/c1-9-4-2-3-5-10(9)14(20)13-11(8-12(18)19)15(21)17-6-7-22-16(13)17/h2-5,11H,6-8H2,1H3,(H,18,19). The summed E-state index contributed by atoms with van der Waals surface area (Å²) in [6.45, 7) is 2.38. The van der Waals surface area contributed by atoms with Gasteiger partial charge in [-0.3, -0.25) is 14.4 Å². The summed E-state index contributed by atoms with van der Waals surface area (Å²) in [6.07, 6.45) is -0.341. The molecule has 1 amide bonds. The van der Waals surface area contributed by atoms with Gasteiger partial charge >= 0.3 is 5.97 Å². The molecule has 1 unspecified atom stereocenters. The number of rotatable bonds is 4. The summed E-state index contributed by atoms with van der Waals surface area (Å²) < 4.78 is 0. The Hall–Kier alpha value is -2.08. The van der Waals surface area contributed by atoms with Crippen LogP contribution in [0.1, 0.15) is 22.3 Å². The first-order valence-electron chi connectivity index (χ1n) is 7.01. The highest BCUT2D eigenvalue weighted by Crippen LogP contribution is 2.43. The Morgan fingerprint density at radius 2 is 2.09 bits per heavy atom. The summed E-state index contributed by atoms with van der Waals surface area (Å²) in [5, 5.41) is 9.71. The normalized spacial score (nSPS) is 20.5. The molecule has 2 heterocycles. The van der Waals surface area contributed by atoms with Gasteiger partial charge in [0.15, 0.2) is 5.78 Å². The number of carboxylic acids is 1. The monoisotopic (exact) mass is 317 g/mol. The molecule has 22 heavy (non-hydrogen) atoms. The largest absolute Gasteiger partial charge is 0.481 e. The molecule has 1 N–H and O–H groups in total. The van der Waals surface area contributed by atoms with Gasteiger partial charge in [-0.15, -0.1) is 11.8 Å². The zero-order valence-corrected chi connectivity index (χ0v) is 12.9. The average molecular weight is 317 g/mol. The number of carbonyl (C=O) groups excluding carboxylic acids is 2. The number of carboxylic acid groups (broad SMARTS) is 1. The summed E-state index contributed by atoms with van der Waals surface area (Å²) in [5.41, 5.74) is 1.70. The van der Waals surface area contributed by atoms with Crippen LogP contribution in [0.2, 0.25) is 0 Å². The Labute approximate surface area is 132 Å². The van der Waals surface area contributed by atoms with Gasteiger partial charge < -0.3 is 10.0 Å². The number of nitrogens with zero attached hydrogens (tertiary/aromatic N) is 1. The molecular weight excluding hydrogens is 302 g/mol. The first-order valence-corrected chi connectivity index (χ1v) is 7.99. The molecule has 0 aromatic heterocycles. The molecule has 1 aromatic carbocycles. The minimum absolute atomic E-state index is 0.232. The fraction of sp³-hybridized carbons (Fsp3) is 0.312. The van der Waals surface area contributed by atoms with E-state index in [0.29, 0.717) is 22.7 Å². The van der Waals surface area contributed by atoms with Crippen LogP contribution in [-0.4, -0.2) is 40.0 Å². The third kappa shape index (κ3) is 2.33. The Morgan fingerprint density at radius 1 is 1.36 bits per heavy atom. The second-order valence-corrected chi connectivity index (χ2v) is 6.44. The van der Waals surface area contributed by atoms with Gasteiger partial charge in [0, 0.05) is 23.4 Å². The minimum Gasteiger partial charge on any atom is -0.481 e. The van der Waals surface area contributed by atoms with E-state index in [-0.39, 0.29) is 18.1 Å². The number of hydrogen-bond acceptors (Lipinski definition) is 4. The van der Waals surface area contributed by atoms with Crippen molar-refractivity contribution in [1.82, 2.24) is 4.90 Å². The predicted octanol–water partition coefficient (Wildman–Crippen LogP) is 2.07. The lowest BCUT2D eigenvalue weighted by Gasteiger charge is -2.13. The number of hydrogen-bond donors (Lipinski definition) is 1. The van der Waals surface area contributed by atoms with E-state index in [0.717, 1.165) is 11.3 Å². The molecule has 1 aromatic rings. The third-order valence-corrected chi connectivity index (χ3v) is 5.06. The highest BCUT2D eigenvalue weighted by atomic mass is 32.2. The van der Waals surface area contributed by atoms with Crippen LogP contribution >= 0.6 is 11.8 Å². The highest BCUT2D eigenvalue weighted by Gasteiger charge is 2.46. The number of amides is 1. The summed E-state index contributed by atoms with van der Waals surface area (Å²) >= 11 is 1.46. The molecule has 6 heteroatoms. The Balaban J connectivity index is 2.06. The van der Waals surface area contributed by atoms with Crippen molar-refractivity contribution in [3.05, 3.63) is 46.0 Å². The molecule has 5 nitrogen and oxygen atoms in total. The van der Waals surface area contributed by atoms with Gasteiger partial charge in [0.1, 0.15) is 0 Å². The number of fused-ring (bicyclic) bond motifs is 1. The lowest BCUT2D eigenvalue weighted by atomic mass is 9.90. The van der Waals surface area contributed by atoms with E-state index in [9.17, 15) is 14.4 Å². The number of Topliss-reactive ketones (excluding diaryl/α,β-unsaturated/α-hetero) is 1. The maximum absolute atomic E-state index is 12.9. The number of ketones is 1. The van der Waals surface area contributed by atoms with Crippen molar-refractivity contribution >= 4 is 29.4 Å². The van der Waals surface area contributed by atoms with Gasteiger partial charge in [0.25, 0.3) is 0 Å². The highest BCUT2D eigenvalue weighted by molar-refractivity contribution is 8.03. The Bertz CT molecular complexity index is 710. The quantitative estimate of drug-likeness (QED) is 0.861. The summed E-state index contributed by atoms with van der Waals surface area (Å²) in [4.78, 5) is 38.0. The molecule has 2 aliphatic rings. The molecule has 0 spiro atoms. The van der Waals surface area contributed by atoms with Crippen LogP contribution in [0.4, 0.5) is 0 Å². The Morgan fingerprint density at radius 3 is 2.77 bits per heavy atom. The van der Waals surface area contributed by atoms with Crippen molar-refractivity contribution in [2.75, 3.05) is 12.3 Å². The lowest BCUT2D eigenvalue weighted by Crippen LogP contribution is -2.29. The number of aliphatic carboxylic acids is 1. The van der Waals surface area contributed by atoms with Gasteiger partial charge in [-0.2, -0.15) is 0 Å². The van der Waals surface area contributed by atoms with E-state index in [1.54, 1.807) is 17.0 Å². The topological polar surface area (TPSA) is 74.7 Å². The van der Waals surface area contributed by atoms with Crippen molar-refractivity contribution in [3.63, 3.8) is 0 Å². The number of aryl methyl sites for hydroxylation is 1. The van der Waals surface area contributed by atoms with Crippen molar-refractivity contribution < 1.29 is 19.5 Å². The van der Waals surface area contributed by atoms with Gasteiger partial charge in [0.05, 0.1) is 17.4 Å². The van der Waals surface area contributed by atoms with Crippen LogP contribution in [0.15, 0.2) is 34.9 Å². The number of carbonyl (C=O) groups is 3. The lowest BCUT2D eigenvalue weighted by molar-refractivity contribution is -0.141. The van der Waals surface area contributed by atoms with Crippen LogP contribution in [-0.2, 0) is 9.59 Å². The predicted molar refractivity (Wildman–Crippen MR) is 82.4 cm³/mol. The Kier molecular flexibility index (Phi) is 3.78. The molecule has 0 radical (unpaired) electrons. The van der Waals surface area contributed by atoms with Crippen LogP contribution in [0.25, 0.3) is 0 Å². The van der Waals surface area contributed by atoms with Crippen LogP contribution in [0, 0.1) is 12.8 Å². The molecule has 3 rings (SSSR count). The molecule has 1 fully saturated rings. The molecule has 1 saturated heterocycles. The summed E-state index contributed by atoms with van der Waals surface area (Å²) in [6, 6.07) is 7.17. The molecule has 0 saturated carbocycles. The molecular formula is C16H15NO4S. The minimum atomic E-state index is -1.07.